The van der Waals surface area contributed by atoms with Gasteiger partial charge in [-0.3, -0.25) is 4.79 Å². The fourth-order valence-electron chi connectivity index (χ4n) is 3.89. The first-order valence-electron chi connectivity index (χ1n) is 11.5. The van der Waals surface area contributed by atoms with E-state index in [1.54, 1.807) is 0 Å². The molecule has 0 amide bonds. The minimum atomic E-state index is -0.633. The number of esters is 2. The van der Waals surface area contributed by atoms with E-state index in [9.17, 15) is 14.0 Å². The highest BCUT2D eigenvalue weighted by Gasteiger charge is 2.41. The number of carbonyl (C=O) groups excluding carboxylic acids is 2. The number of ether oxygens (including phenoxy) is 4. The van der Waals surface area contributed by atoms with Crippen molar-refractivity contribution in [2.24, 2.45) is 5.41 Å². The molecule has 0 aliphatic heterocycles. The van der Waals surface area contributed by atoms with Gasteiger partial charge >= 0.3 is 11.9 Å². The summed E-state index contributed by atoms with van der Waals surface area (Å²) in [7, 11) is 1.36. The molecule has 6 nitrogen and oxygen atoms in total. The lowest BCUT2D eigenvalue weighted by Crippen LogP contribution is -2.40. The van der Waals surface area contributed by atoms with Gasteiger partial charge in [0.05, 0.1) is 18.6 Å². The van der Waals surface area contributed by atoms with E-state index in [1.807, 2.05) is 58.0 Å². The van der Waals surface area contributed by atoms with Gasteiger partial charge in [-0.05, 0) is 58.9 Å². The molecule has 7 heteroatoms. The maximum atomic E-state index is 14.7. The zero-order chi connectivity index (χ0) is 24.9. The maximum Gasteiger partial charge on any atom is 0.342 e. The first-order valence-corrected chi connectivity index (χ1v) is 11.5. The van der Waals surface area contributed by atoms with Crippen molar-refractivity contribution in [3.8, 4) is 11.5 Å². The third-order valence-electron chi connectivity index (χ3n) is 5.91. The van der Waals surface area contributed by atoms with Crippen LogP contribution in [-0.2, 0) is 20.9 Å². The fraction of sp³-hybridized carbons (Fsp3) is 0.481. The van der Waals surface area contributed by atoms with Crippen LogP contribution >= 0.6 is 0 Å². The van der Waals surface area contributed by atoms with Gasteiger partial charge in [-0.1, -0.05) is 30.3 Å². The molecule has 34 heavy (non-hydrogen) atoms. The molecule has 0 bridgehead atoms. The molecule has 0 spiro atoms. The Labute approximate surface area is 200 Å². The third-order valence-corrected chi connectivity index (χ3v) is 5.91. The summed E-state index contributed by atoms with van der Waals surface area (Å²) < 4.78 is 36.8. The van der Waals surface area contributed by atoms with Crippen LogP contribution in [0.3, 0.4) is 0 Å². The quantitative estimate of drug-likeness (QED) is 0.470. The molecule has 3 rings (SSSR count). The molecule has 0 aromatic heterocycles. The number of hydrogen-bond acceptors (Lipinski definition) is 6. The molecule has 2 aromatic carbocycles. The molecule has 1 aliphatic carbocycles. The van der Waals surface area contributed by atoms with Crippen LogP contribution in [0.2, 0.25) is 0 Å². The largest absolute Gasteiger partial charge is 0.496 e. The van der Waals surface area contributed by atoms with E-state index in [0.717, 1.165) is 11.6 Å². The highest BCUT2D eigenvalue weighted by Crippen LogP contribution is 2.40. The highest BCUT2D eigenvalue weighted by molar-refractivity contribution is 5.93. The van der Waals surface area contributed by atoms with Gasteiger partial charge in [-0.15, -0.1) is 0 Å². The van der Waals surface area contributed by atoms with Crippen LogP contribution in [0.1, 0.15) is 69.3 Å². The SMILES string of the molecule is COc1cc(F)c(O[C@H]2CC[C@@](C)(C(=O)OC(C)(C)C)CC2)cc1C(=O)OCc1ccccc1. The lowest BCUT2D eigenvalue weighted by atomic mass is 9.74. The molecule has 0 saturated heterocycles. The Balaban J connectivity index is 1.67. The minimum Gasteiger partial charge on any atom is -0.496 e. The lowest BCUT2D eigenvalue weighted by Gasteiger charge is -2.37. The van der Waals surface area contributed by atoms with Crippen LogP contribution in [0.25, 0.3) is 0 Å². The number of benzene rings is 2. The van der Waals surface area contributed by atoms with Crippen molar-refractivity contribution < 1.29 is 32.9 Å². The van der Waals surface area contributed by atoms with Gasteiger partial charge in [0.1, 0.15) is 23.5 Å². The van der Waals surface area contributed by atoms with Crippen molar-refractivity contribution in [1.82, 2.24) is 0 Å². The summed E-state index contributed by atoms with van der Waals surface area (Å²) >= 11 is 0. The van der Waals surface area contributed by atoms with Gasteiger partial charge in [-0.25, -0.2) is 9.18 Å². The second-order valence-corrected chi connectivity index (χ2v) is 9.92. The minimum absolute atomic E-state index is 0.0432. The van der Waals surface area contributed by atoms with Crippen LogP contribution in [-0.4, -0.2) is 30.8 Å². The van der Waals surface area contributed by atoms with Crippen molar-refractivity contribution in [2.75, 3.05) is 7.11 Å². The average Bonchev–Trinajstić information content (AvgIpc) is 2.79. The van der Waals surface area contributed by atoms with Crippen molar-refractivity contribution in [1.29, 1.82) is 0 Å². The Morgan fingerprint density at radius 3 is 2.29 bits per heavy atom. The van der Waals surface area contributed by atoms with E-state index in [0.29, 0.717) is 25.7 Å². The zero-order valence-corrected chi connectivity index (χ0v) is 20.5. The maximum absolute atomic E-state index is 14.7. The molecule has 1 saturated carbocycles. The summed E-state index contributed by atoms with van der Waals surface area (Å²) in [4.78, 5) is 25.3. The molecule has 0 atom stereocenters. The highest BCUT2D eigenvalue weighted by atomic mass is 19.1. The van der Waals surface area contributed by atoms with Crippen molar-refractivity contribution in [3.63, 3.8) is 0 Å². The van der Waals surface area contributed by atoms with E-state index in [2.05, 4.69) is 0 Å². The Morgan fingerprint density at radius 2 is 1.71 bits per heavy atom. The molecule has 2 aromatic rings. The molecule has 1 aliphatic rings. The van der Waals surface area contributed by atoms with Gasteiger partial charge < -0.3 is 18.9 Å². The number of rotatable bonds is 7. The Kier molecular flexibility index (Phi) is 7.85. The number of hydrogen-bond donors (Lipinski definition) is 0. The summed E-state index contributed by atoms with van der Waals surface area (Å²) in [5.41, 5.74) is -0.226. The predicted molar refractivity (Wildman–Crippen MR) is 125 cm³/mol. The number of methoxy groups -OCH3 is 1. The van der Waals surface area contributed by atoms with Crippen LogP contribution in [0.5, 0.6) is 11.5 Å². The summed E-state index contributed by atoms with van der Waals surface area (Å²) in [6.45, 7) is 7.52. The van der Waals surface area contributed by atoms with Crippen molar-refractivity contribution in [2.45, 2.75) is 71.7 Å². The smallest absolute Gasteiger partial charge is 0.342 e. The first kappa shape index (κ1) is 25.5. The van der Waals surface area contributed by atoms with E-state index in [1.165, 1.54) is 13.2 Å². The van der Waals surface area contributed by atoms with Gasteiger partial charge in [0.25, 0.3) is 0 Å². The van der Waals surface area contributed by atoms with Crippen LogP contribution in [0.4, 0.5) is 4.39 Å². The average molecular weight is 473 g/mol. The van der Waals surface area contributed by atoms with Crippen LogP contribution < -0.4 is 9.47 Å². The fourth-order valence-corrected chi connectivity index (χ4v) is 3.89. The third kappa shape index (κ3) is 6.49. The Morgan fingerprint density at radius 1 is 1.06 bits per heavy atom. The Bertz CT molecular complexity index is 1000. The summed E-state index contributed by atoms with van der Waals surface area (Å²) in [6, 6.07) is 11.7. The second-order valence-electron chi connectivity index (χ2n) is 9.92. The number of carbonyl (C=O) groups is 2. The zero-order valence-electron chi connectivity index (χ0n) is 20.5. The predicted octanol–water partition coefficient (Wildman–Crippen LogP) is 5.86. The van der Waals surface area contributed by atoms with Crippen LogP contribution in [0.15, 0.2) is 42.5 Å². The summed E-state index contributed by atoms with van der Waals surface area (Å²) in [5.74, 6) is -1.46. The van der Waals surface area contributed by atoms with Gasteiger partial charge in [-0.2, -0.15) is 0 Å². The van der Waals surface area contributed by atoms with E-state index in [4.69, 9.17) is 18.9 Å². The van der Waals surface area contributed by atoms with Gasteiger partial charge in [0, 0.05) is 12.1 Å². The molecule has 0 heterocycles. The molecule has 0 unspecified atom stereocenters. The van der Waals surface area contributed by atoms with E-state index >= 15 is 0 Å². The first-order chi connectivity index (χ1) is 16.0. The normalized spacial score (nSPS) is 20.4. The van der Waals surface area contributed by atoms with E-state index in [-0.39, 0.29) is 35.7 Å². The lowest BCUT2D eigenvalue weighted by molar-refractivity contribution is -0.169. The van der Waals surface area contributed by atoms with E-state index < -0.39 is 22.8 Å². The summed E-state index contributed by atoms with van der Waals surface area (Å²) in [6.07, 6.45) is 1.98. The Hall–Kier alpha value is -3.09. The van der Waals surface area contributed by atoms with Gasteiger partial charge in [0.15, 0.2) is 11.6 Å². The molecule has 184 valence electrons. The second kappa shape index (κ2) is 10.5. The van der Waals surface area contributed by atoms with Crippen LogP contribution in [0, 0.1) is 11.2 Å². The topological polar surface area (TPSA) is 71.1 Å². The summed E-state index contributed by atoms with van der Waals surface area (Å²) in [5, 5.41) is 0. The monoisotopic (exact) mass is 472 g/mol. The molecular weight excluding hydrogens is 439 g/mol. The molecule has 0 N–H and O–H groups in total. The molecule has 1 fully saturated rings. The van der Waals surface area contributed by atoms with Crippen molar-refractivity contribution >= 4 is 11.9 Å². The standard InChI is InChI=1S/C27H33FO6/c1-26(2,3)34-25(30)27(4)13-11-19(12-14-27)33-23-15-20(22(31-5)16-21(23)28)24(29)32-17-18-9-7-6-8-10-18/h6-10,15-16,19H,11-14,17H2,1-5H3/t19-,27+. The number of halogens is 1. The molecular formula is C27H33FO6. The van der Waals surface area contributed by atoms with Gasteiger partial charge in [0.2, 0.25) is 0 Å². The molecule has 0 radical (unpaired) electrons. The van der Waals surface area contributed by atoms with Crippen molar-refractivity contribution in [3.05, 3.63) is 59.4 Å².